The van der Waals surface area contributed by atoms with Crippen LogP contribution in [0.5, 0.6) is 0 Å². The van der Waals surface area contributed by atoms with Crippen LogP contribution in [0.2, 0.25) is 0 Å². The summed E-state index contributed by atoms with van der Waals surface area (Å²) in [6.07, 6.45) is -4.70. The molecular formula is C14H13F3N4O2S. The van der Waals surface area contributed by atoms with E-state index in [1.807, 2.05) is 0 Å². The van der Waals surface area contributed by atoms with E-state index in [1.165, 1.54) is 20.0 Å². The number of fused-ring (bicyclic) bond motifs is 1. The number of halogens is 3. The van der Waals surface area contributed by atoms with Gasteiger partial charge >= 0.3 is 12.2 Å². The number of aromatic nitrogens is 2. The Kier molecular flexibility index (Phi) is 5.27. The van der Waals surface area contributed by atoms with Crippen LogP contribution in [0.15, 0.2) is 29.3 Å². The van der Waals surface area contributed by atoms with E-state index in [0.717, 1.165) is 11.8 Å². The third-order valence-corrected chi connectivity index (χ3v) is 4.05. The number of carbonyl (C=O) groups excluding carboxylic acids is 2. The first-order valence-corrected chi connectivity index (χ1v) is 7.63. The maximum Gasteiger partial charge on any atom is 0.451 e. The Morgan fingerprint density at radius 3 is 2.50 bits per heavy atom. The molecule has 0 spiro atoms. The van der Waals surface area contributed by atoms with Gasteiger partial charge in [-0.3, -0.25) is 10.1 Å². The number of alkyl halides is 3. The van der Waals surface area contributed by atoms with Crippen molar-refractivity contribution in [1.29, 1.82) is 0 Å². The highest BCUT2D eigenvalue weighted by molar-refractivity contribution is 8.00. The van der Waals surface area contributed by atoms with Gasteiger partial charge in [-0.1, -0.05) is 30.0 Å². The Balaban J connectivity index is 2.36. The molecule has 24 heavy (non-hydrogen) atoms. The second kappa shape index (κ2) is 7.04. The molecule has 128 valence electrons. The number of imide groups is 1. The van der Waals surface area contributed by atoms with Crippen LogP contribution in [0.4, 0.5) is 18.0 Å². The first-order valence-electron chi connectivity index (χ1n) is 6.75. The fourth-order valence-electron chi connectivity index (χ4n) is 1.76. The average Bonchev–Trinajstić information content (AvgIpc) is 2.53. The molecule has 1 atom stereocenters. The summed E-state index contributed by atoms with van der Waals surface area (Å²) < 4.78 is 38.8. The number of nitrogens with one attached hydrogen (secondary N) is 2. The summed E-state index contributed by atoms with van der Waals surface area (Å²) in [5.41, 5.74) is 0.126. The summed E-state index contributed by atoms with van der Waals surface area (Å²) in [5, 5.41) is 3.87. The summed E-state index contributed by atoms with van der Waals surface area (Å²) in [6.45, 7) is 1.47. The number of hydrogen-bond donors (Lipinski definition) is 2. The summed E-state index contributed by atoms with van der Waals surface area (Å²) in [5.74, 6) is -1.92. The molecule has 0 aliphatic rings. The smallest absolute Gasteiger partial charge is 0.341 e. The lowest BCUT2D eigenvalue weighted by Crippen LogP contribution is -2.41. The molecule has 2 rings (SSSR count). The Morgan fingerprint density at radius 1 is 1.21 bits per heavy atom. The second-order valence-electron chi connectivity index (χ2n) is 4.70. The number of nitrogens with zero attached hydrogens (tertiary/aromatic N) is 2. The average molecular weight is 358 g/mol. The number of rotatable bonds is 3. The van der Waals surface area contributed by atoms with Crippen LogP contribution in [-0.4, -0.2) is 34.2 Å². The molecule has 1 heterocycles. The first kappa shape index (κ1) is 18.0. The molecule has 6 nitrogen and oxygen atoms in total. The fraction of sp³-hybridized carbons (Fsp3) is 0.286. The van der Waals surface area contributed by atoms with Crippen molar-refractivity contribution in [3.05, 3.63) is 30.1 Å². The van der Waals surface area contributed by atoms with Crippen molar-refractivity contribution in [3.8, 4) is 0 Å². The van der Waals surface area contributed by atoms with E-state index in [9.17, 15) is 22.8 Å². The van der Waals surface area contributed by atoms with Gasteiger partial charge in [-0.15, -0.1) is 0 Å². The molecule has 0 fully saturated rings. The zero-order valence-corrected chi connectivity index (χ0v) is 13.5. The van der Waals surface area contributed by atoms with Crippen LogP contribution in [0.1, 0.15) is 12.7 Å². The summed E-state index contributed by atoms with van der Waals surface area (Å²) in [7, 11) is 1.34. The number of para-hydroxylation sites is 1. The van der Waals surface area contributed by atoms with E-state index in [-0.39, 0.29) is 10.5 Å². The van der Waals surface area contributed by atoms with E-state index in [0.29, 0.717) is 5.39 Å². The van der Waals surface area contributed by atoms with Gasteiger partial charge < -0.3 is 5.32 Å². The third kappa shape index (κ3) is 4.13. The Labute approximate surface area is 139 Å². The van der Waals surface area contributed by atoms with Crippen LogP contribution in [0.25, 0.3) is 10.9 Å². The van der Waals surface area contributed by atoms with Gasteiger partial charge in [-0.25, -0.2) is 14.8 Å². The van der Waals surface area contributed by atoms with Crippen molar-refractivity contribution in [2.45, 2.75) is 23.4 Å². The van der Waals surface area contributed by atoms with Gasteiger partial charge in [-0.2, -0.15) is 13.2 Å². The molecule has 0 bridgehead atoms. The Morgan fingerprint density at radius 2 is 1.88 bits per heavy atom. The van der Waals surface area contributed by atoms with Crippen LogP contribution >= 0.6 is 11.8 Å². The van der Waals surface area contributed by atoms with Crippen LogP contribution in [0, 0.1) is 0 Å². The van der Waals surface area contributed by atoms with E-state index in [2.05, 4.69) is 20.6 Å². The topological polar surface area (TPSA) is 84.0 Å². The van der Waals surface area contributed by atoms with Crippen molar-refractivity contribution in [2.24, 2.45) is 0 Å². The van der Waals surface area contributed by atoms with Crippen molar-refractivity contribution in [1.82, 2.24) is 20.6 Å². The Hall–Kier alpha value is -2.36. The molecule has 1 aromatic heterocycles. The lowest BCUT2D eigenvalue weighted by atomic mass is 10.2. The summed E-state index contributed by atoms with van der Waals surface area (Å²) in [4.78, 5) is 30.1. The van der Waals surface area contributed by atoms with Gasteiger partial charge in [-0.05, 0) is 13.0 Å². The van der Waals surface area contributed by atoms with Crippen molar-refractivity contribution < 1.29 is 22.8 Å². The minimum Gasteiger partial charge on any atom is -0.341 e. The van der Waals surface area contributed by atoms with E-state index in [1.54, 1.807) is 18.2 Å². The molecule has 0 unspecified atom stereocenters. The number of benzene rings is 1. The normalized spacial score (nSPS) is 12.7. The van der Waals surface area contributed by atoms with Gasteiger partial charge in [0.05, 0.1) is 10.8 Å². The molecule has 0 aliphatic carbocycles. The van der Waals surface area contributed by atoms with Gasteiger partial charge in [0.25, 0.3) is 0 Å². The standard InChI is InChI=1S/C14H13F3N4O2S/c1-7(10(22)20-13(23)18-2)24-11-8-5-3-4-6-9(8)19-12(21-11)14(15,16)17/h3-7H,1-2H3,(H2,18,20,22,23)/t7-/m0/s1. The first-order chi connectivity index (χ1) is 11.2. The highest BCUT2D eigenvalue weighted by atomic mass is 32.2. The molecule has 10 heteroatoms. The largest absolute Gasteiger partial charge is 0.451 e. The summed E-state index contributed by atoms with van der Waals surface area (Å²) in [6, 6.07) is 5.51. The van der Waals surface area contributed by atoms with Crippen LogP contribution in [-0.2, 0) is 11.0 Å². The predicted octanol–water partition coefficient (Wildman–Crippen LogP) is 2.58. The number of thioether (sulfide) groups is 1. The number of urea groups is 1. The van der Waals surface area contributed by atoms with E-state index in [4.69, 9.17) is 0 Å². The van der Waals surface area contributed by atoms with E-state index < -0.39 is 29.2 Å². The van der Waals surface area contributed by atoms with Crippen LogP contribution in [0.3, 0.4) is 0 Å². The minimum absolute atomic E-state index is 0.0208. The van der Waals surface area contributed by atoms with Crippen LogP contribution < -0.4 is 10.6 Å². The van der Waals surface area contributed by atoms with Crippen molar-refractivity contribution >= 4 is 34.6 Å². The second-order valence-corrected chi connectivity index (χ2v) is 6.03. The maximum atomic E-state index is 12.9. The molecule has 0 aliphatic heterocycles. The molecular weight excluding hydrogens is 345 g/mol. The molecule has 0 radical (unpaired) electrons. The zero-order valence-electron chi connectivity index (χ0n) is 12.6. The molecule has 2 aromatic rings. The molecule has 1 aromatic carbocycles. The molecule has 0 saturated heterocycles. The highest BCUT2D eigenvalue weighted by Crippen LogP contribution is 2.33. The summed E-state index contributed by atoms with van der Waals surface area (Å²) >= 11 is 0.821. The molecule has 3 amide bonds. The number of amides is 3. The quantitative estimate of drug-likeness (QED) is 0.651. The highest BCUT2D eigenvalue weighted by Gasteiger charge is 2.36. The number of hydrogen-bond acceptors (Lipinski definition) is 5. The fourth-order valence-corrected chi connectivity index (χ4v) is 2.70. The van der Waals surface area contributed by atoms with Gasteiger partial charge in [0.15, 0.2) is 0 Å². The van der Waals surface area contributed by atoms with Crippen molar-refractivity contribution in [2.75, 3.05) is 7.05 Å². The van der Waals surface area contributed by atoms with Gasteiger partial charge in [0.2, 0.25) is 11.7 Å². The monoisotopic (exact) mass is 358 g/mol. The van der Waals surface area contributed by atoms with Gasteiger partial charge in [0, 0.05) is 12.4 Å². The predicted molar refractivity (Wildman–Crippen MR) is 82.5 cm³/mol. The minimum atomic E-state index is -4.70. The lowest BCUT2D eigenvalue weighted by Gasteiger charge is -2.13. The van der Waals surface area contributed by atoms with E-state index >= 15 is 0 Å². The third-order valence-electron chi connectivity index (χ3n) is 2.94. The van der Waals surface area contributed by atoms with Gasteiger partial charge in [0.1, 0.15) is 5.03 Å². The maximum absolute atomic E-state index is 12.9. The molecule has 2 N–H and O–H groups in total. The van der Waals surface area contributed by atoms with Crippen molar-refractivity contribution in [3.63, 3.8) is 0 Å². The number of carbonyl (C=O) groups is 2. The molecule has 0 saturated carbocycles. The SMILES string of the molecule is CNC(=O)NC(=O)[C@H](C)Sc1nc(C(F)(F)F)nc2ccccc12. The zero-order chi connectivity index (χ0) is 17.9. The lowest BCUT2D eigenvalue weighted by molar-refractivity contribution is -0.145. The Bertz CT molecular complexity index is 782.